The molecule has 0 saturated carbocycles. The van der Waals surface area contributed by atoms with Crippen molar-refractivity contribution in [3.05, 3.63) is 81.3 Å². The van der Waals surface area contributed by atoms with Crippen molar-refractivity contribution in [2.24, 2.45) is 0 Å². The lowest BCUT2D eigenvalue weighted by Crippen LogP contribution is -2.14. The standard InChI is InChI=1S/C22H18BrNO2/c1-13-9-16(23)12-20(21(13)26-2)22(25)24-17-7-8-19-15(11-17)10-14-5-3-4-6-18(14)19/h3-9,11-12H,10H2,1-2H3,(H,24,25). The summed E-state index contributed by atoms with van der Waals surface area (Å²) in [6.07, 6.45) is 0.897. The first-order chi connectivity index (χ1) is 12.6. The molecule has 3 aromatic rings. The first-order valence-electron chi connectivity index (χ1n) is 8.43. The molecule has 4 rings (SSSR count). The molecule has 0 aromatic heterocycles. The molecule has 0 spiro atoms. The van der Waals surface area contributed by atoms with Crippen LogP contribution in [-0.2, 0) is 6.42 Å². The van der Waals surface area contributed by atoms with Gasteiger partial charge in [0.2, 0.25) is 0 Å². The molecular weight excluding hydrogens is 390 g/mol. The van der Waals surface area contributed by atoms with E-state index in [1.54, 1.807) is 13.2 Å². The smallest absolute Gasteiger partial charge is 0.259 e. The van der Waals surface area contributed by atoms with Crippen LogP contribution in [0.25, 0.3) is 11.1 Å². The maximum Gasteiger partial charge on any atom is 0.259 e. The average Bonchev–Trinajstić information content (AvgIpc) is 2.98. The van der Waals surface area contributed by atoms with E-state index in [4.69, 9.17) is 4.74 Å². The monoisotopic (exact) mass is 407 g/mol. The maximum absolute atomic E-state index is 12.8. The van der Waals surface area contributed by atoms with E-state index in [0.717, 1.165) is 22.1 Å². The van der Waals surface area contributed by atoms with Crippen LogP contribution in [-0.4, -0.2) is 13.0 Å². The highest BCUT2D eigenvalue weighted by Gasteiger charge is 2.20. The summed E-state index contributed by atoms with van der Waals surface area (Å²) in [6, 6.07) is 18.2. The van der Waals surface area contributed by atoms with Gasteiger partial charge in [-0.15, -0.1) is 0 Å². The first-order valence-corrected chi connectivity index (χ1v) is 9.23. The molecule has 0 unspecified atom stereocenters. The molecule has 0 aliphatic heterocycles. The summed E-state index contributed by atoms with van der Waals surface area (Å²) in [4.78, 5) is 12.8. The van der Waals surface area contributed by atoms with E-state index >= 15 is 0 Å². The van der Waals surface area contributed by atoms with Gasteiger partial charge in [-0.05, 0) is 65.4 Å². The number of rotatable bonds is 3. The third-order valence-corrected chi connectivity index (χ3v) is 5.20. The summed E-state index contributed by atoms with van der Waals surface area (Å²) in [5.74, 6) is 0.418. The van der Waals surface area contributed by atoms with Crippen LogP contribution in [0.15, 0.2) is 59.1 Å². The number of amides is 1. The van der Waals surface area contributed by atoms with Gasteiger partial charge in [-0.2, -0.15) is 0 Å². The minimum atomic E-state index is -0.179. The summed E-state index contributed by atoms with van der Waals surface area (Å²) in [7, 11) is 1.58. The number of hydrogen-bond acceptors (Lipinski definition) is 2. The molecule has 0 bridgehead atoms. The molecule has 0 fully saturated rings. The number of carbonyl (C=O) groups is 1. The Bertz CT molecular complexity index is 1030. The molecule has 0 radical (unpaired) electrons. The fourth-order valence-corrected chi connectivity index (χ4v) is 4.16. The van der Waals surface area contributed by atoms with E-state index in [1.165, 1.54) is 22.3 Å². The minimum absolute atomic E-state index is 0.179. The molecular formula is C22H18BrNO2. The van der Waals surface area contributed by atoms with E-state index < -0.39 is 0 Å². The Morgan fingerprint density at radius 3 is 2.62 bits per heavy atom. The molecule has 1 N–H and O–H groups in total. The van der Waals surface area contributed by atoms with Crippen LogP contribution in [0, 0.1) is 6.92 Å². The number of fused-ring (bicyclic) bond motifs is 3. The van der Waals surface area contributed by atoms with Crippen LogP contribution >= 0.6 is 15.9 Å². The van der Waals surface area contributed by atoms with Gasteiger partial charge in [-0.1, -0.05) is 46.3 Å². The quantitative estimate of drug-likeness (QED) is 0.480. The van der Waals surface area contributed by atoms with Crippen molar-refractivity contribution in [2.45, 2.75) is 13.3 Å². The minimum Gasteiger partial charge on any atom is -0.496 e. The van der Waals surface area contributed by atoms with Gasteiger partial charge in [0.1, 0.15) is 5.75 Å². The van der Waals surface area contributed by atoms with E-state index in [0.29, 0.717) is 11.3 Å². The second-order valence-electron chi connectivity index (χ2n) is 6.46. The van der Waals surface area contributed by atoms with Crippen LogP contribution in [0.5, 0.6) is 5.75 Å². The predicted octanol–water partition coefficient (Wildman–Crippen LogP) is 5.59. The lowest BCUT2D eigenvalue weighted by Gasteiger charge is -2.13. The highest BCUT2D eigenvalue weighted by Crippen LogP contribution is 2.37. The van der Waals surface area contributed by atoms with Crippen LogP contribution in [0.3, 0.4) is 0 Å². The van der Waals surface area contributed by atoms with Crippen molar-refractivity contribution in [1.29, 1.82) is 0 Å². The Labute approximate surface area is 161 Å². The summed E-state index contributed by atoms with van der Waals surface area (Å²) in [5, 5.41) is 3.00. The Hall–Kier alpha value is -2.59. The zero-order chi connectivity index (χ0) is 18.3. The highest BCUT2D eigenvalue weighted by molar-refractivity contribution is 9.10. The number of halogens is 1. The van der Waals surface area contributed by atoms with Gasteiger partial charge < -0.3 is 10.1 Å². The second kappa shape index (κ2) is 6.61. The normalized spacial score (nSPS) is 11.7. The number of ether oxygens (including phenoxy) is 1. The van der Waals surface area contributed by atoms with Gasteiger partial charge in [0.15, 0.2) is 0 Å². The molecule has 3 nitrogen and oxygen atoms in total. The number of benzene rings is 3. The molecule has 4 heteroatoms. The summed E-state index contributed by atoms with van der Waals surface area (Å²) in [5.41, 5.74) is 7.32. The average molecular weight is 408 g/mol. The zero-order valence-corrected chi connectivity index (χ0v) is 16.2. The largest absolute Gasteiger partial charge is 0.496 e. The SMILES string of the molecule is COc1c(C)cc(Br)cc1C(=O)Nc1ccc2c(c1)Cc1ccccc1-2. The highest BCUT2D eigenvalue weighted by atomic mass is 79.9. The van der Waals surface area contributed by atoms with E-state index in [9.17, 15) is 4.79 Å². The molecule has 1 amide bonds. The Morgan fingerprint density at radius 1 is 1.04 bits per heavy atom. The van der Waals surface area contributed by atoms with Crippen molar-refractivity contribution < 1.29 is 9.53 Å². The molecule has 0 saturated heterocycles. The third-order valence-electron chi connectivity index (χ3n) is 4.74. The molecule has 130 valence electrons. The number of carbonyl (C=O) groups excluding carboxylic acids is 1. The molecule has 0 atom stereocenters. The Kier molecular flexibility index (Phi) is 4.29. The first kappa shape index (κ1) is 16.9. The topological polar surface area (TPSA) is 38.3 Å². The van der Waals surface area contributed by atoms with E-state index in [1.807, 2.05) is 19.1 Å². The fraction of sp³-hybridized carbons (Fsp3) is 0.136. The van der Waals surface area contributed by atoms with Crippen molar-refractivity contribution in [2.75, 3.05) is 12.4 Å². The predicted molar refractivity (Wildman–Crippen MR) is 108 cm³/mol. The molecule has 1 aliphatic rings. The summed E-state index contributed by atoms with van der Waals surface area (Å²) >= 11 is 3.45. The van der Waals surface area contributed by atoms with Crippen LogP contribution < -0.4 is 10.1 Å². The van der Waals surface area contributed by atoms with Gasteiger partial charge in [0.25, 0.3) is 5.91 Å². The molecule has 3 aromatic carbocycles. The van der Waals surface area contributed by atoms with Gasteiger partial charge in [0.05, 0.1) is 12.7 Å². The Morgan fingerprint density at radius 2 is 1.81 bits per heavy atom. The van der Waals surface area contributed by atoms with Gasteiger partial charge in [0, 0.05) is 10.2 Å². The number of hydrogen-bond donors (Lipinski definition) is 1. The van der Waals surface area contributed by atoms with Crippen molar-refractivity contribution in [1.82, 2.24) is 0 Å². The molecule has 1 aliphatic carbocycles. The molecule has 26 heavy (non-hydrogen) atoms. The number of methoxy groups -OCH3 is 1. The van der Waals surface area contributed by atoms with Gasteiger partial charge >= 0.3 is 0 Å². The zero-order valence-electron chi connectivity index (χ0n) is 14.6. The summed E-state index contributed by atoms with van der Waals surface area (Å²) in [6.45, 7) is 1.92. The number of anilines is 1. The second-order valence-corrected chi connectivity index (χ2v) is 7.38. The molecule has 0 heterocycles. The van der Waals surface area contributed by atoms with Crippen LogP contribution in [0.2, 0.25) is 0 Å². The lowest BCUT2D eigenvalue weighted by molar-refractivity contribution is 0.102. The van der Waals surface area contributed by atoms with Gasteiger partial charge in [-0.3, -0.25) is 4.79 Å². The number of aryl methyl sites for hydroxylation is 1. The number of nitrogens with one attached hydrogen (secondary N) is 1. The van der Waals surface area contributed by atoms with Crippen LogP contribution in [0.4, 0.5) is 5.69 Å². The van der Waals surface area contributed by atoms with Gasteiger partial charge in [-0.25, -0.2) is 0 Å². The fourth-order valence-electron chi connectivity index (χ4n) is 3.59. The summed E-state index contributed by atoms with van der Waals surface area (Å²) < 4.78 is 6.28. The third kappa shape index (κ3) is 2.90. The van der Waals surface area contributed by atoms with E-state index in [-0.39, 0.29) is 5.91 Å². The van der Waals surface area contributed by atoms with Crippen molar-refractivity contribution in [3.63, 3.8) is 0 Å². The lowest BCUT2D eigenvalue weighted by atomic mass is 10.1. The van der Waals surface area contributed by atoms with Crippen molar-refractivity contribution in [3.8, 4) is 16.9 Å². The maximum atomic E-state index is 12.8. The Balaban J connectivity index is 1.63. The van der Waals surface area contributed by atoms with Crippen molar-refractivity contribution >= 4 is 27.5 Å². The van der Waals surface area contributed by atoms with E-state index in [2.05, 4.69) is 57.6 Å². The van der Waals surface area contributed by atoms with Crippen LogP contribution in [0.1, 0.15) is 27.0 Å².